The summed E-state index contributed by atoms with van der Waals surface area (Å²) in [4.78, 5) is 13.5. The molecule has 166 valence electrons. The number of aromatic nitrogens is 4. The van der Waals surface area contributed by atoms with Crippen LogP contribution in [0.25, 0.3) is 11.2 Å². The predicted molar refractivity (Wildman–Crippen MR) is 129 cm³/mol. The molecular formula is C22H31N7OS. The van der Waals surface area contributed by atoms with Crippen molar-refractivity contribution < 1.29 is 5.11 Å². The van der Waals surface area contributed by atoms with Crippen molar-refractivity contribution in [1.29, 1.82) is 0 Å². The van der Waals surface area contributed by atoms with Crippen LogP contribution in [0.2, 0.25) is 0 Å². The van der Waals surface area contributed by atoms with Gasteiger partial charge in [-0.2, -0.15) is 4.37 Å². The quantitative estimate of drug-likeness (QED) is 0.409. The zero-order valence-corrected chi connectivity index (χ0v) is 19.6. The number of aryl methyl sites for hydroxylation is 1. The highest BCUT2D eigenvalue weighted by Gasteiger charge is 2.16. The minimum atomic E-state index is 0.0103. The van der Waals surface area contributed by atoms with Crippen LogP contribution in [0.3, 0.4) is 0 Å². The Labute approximate surface area is 187 Å². The lowest BCUT2D eigenvalue weighted by atomic mass is 10.1. The first-order valence-electron chi connectivity index (χ1n) is 10.5. The highest BCUT2D eigenvalue weighted by molar-refractivity contribution is 7.10. The second kappa shape index (κ2) is 10.6. The summed E-state index contributed by atoms with van der Waals surface area (Å²) < 4.78 is 6.61. The average Bonchev–Trinajstić information content (AvgIpc) is 3.38. The lowest BCUT2D eigenvalue weighted by molar-refractivity contribution is 0.243. The number of hydrogen-bond donors (Lipinski definition) is 3. The molecule has 0 saturated heterocycles. The van der Waals surface area contributed by atoms with Crippen LogP contribution >= 0.6 is 11.5 Å². The van der Waals surface area contributed by atoms with Crippen LogP contribution in [-0.2, 0) is 0 Å². The first-order chi connectivity index (χ1) is 15.0. The normalized spacial score (nSPS) is 14.5. The lowest BCUT2D eigenvalue weighted by Crippen LogP contribution is -2.31. The molecule has 3 aromatic heterocycles. The van der Waals surface area contributed by atoms with E-state index in [4.69, 9.17) is 0 Å². The molecule has 9 heteroatoms. The molecule has 2 atom stereocenters. The monoisotopic (exact) mass is 441 g/mol. The van der Waals surface area contributed by atoms with Gasteiger partial charge in [0, 0.05) is 37.1 Å². The van der Waals surface area contributed by atoms with Crippen LogP contribution in [0.1, 0.15) is 56.7 Å². The van der Waals surface area contributed by atoms with Gasteiger partial charge in [0.15, 0.2) is 11.5 Å². The molecule has 0 bridgehead atoms. The number of nitrogens with one attached hydrogen (secondary N) is 2. The topological polar surface area (TPSA) is 99.7 Å². The fourth-order valence-corrected chi connectivity index (χ4v) is 4.03. The molecule has 0 radical (unpaired) electrons. The smallest absolute Gasteiger partial charge is 0.180 e. The molecule has 0 fully saturated rings. The summed E-state index contributed by atoms with van der Waals surface area (Å²) in [6.45, 7) is 8.20. The van der Waals surface area contributed by atoms with E-state index >= 15 is 0 Å². The van der Waals surface area contributed by atoms with Crippen LogP contribution in [0.15, 0.2) is 29.5 Å². The van der Waals surface area contributed by atoms with Crippen LogP contribution in [-0.4, -0.2) is 49.8 Å². The van der Waals surface area contributed by atoms with Gasteiger partial charge < -0.3 is 15.7 Å². The summed E-state index contributed by atoms with van der Waals surface area (Å²) in [6, 6.07) is 2.06. The summed E-state index contributed by atoms with van der Waals surface area (Å²) in [5.41, 5.74) is 4.59. The van der Waals surface area contributed by atoms with Crippen molar-refractivity contribution in [1.82, 2.24) is 24.1 Å². The van der Waals surface area contributed by atoms with Crippen molar-refractivity contribution in [3.63, 3.8) is 0 Å². The molecule has 0 aliphatic heterocycles. The van der Waals surface area contributed by atoms with Gasteiger partial charge in [-0.25, -0.2) is 9.97 Å². The highest BCUT2D eigenvalue weighted by atomic mass is 32.1. The maximum absolute atomic E-state index is 9.26. The number of aliphatic hydroxyl groups is 1. The number of imidazole rings is 1. The molecule has 0 amide bonds. The Morgan fingerprint density at radius 1 is 1.39 bits per heavy atom. The maximum Gasteiger partial charge on any atom is 0.180 e. The van der Waals surface area contributed by atoms with Gasteiger partial charge in [-0.1, -0.05) is 19.4 Å². The van der Waals surface area contributed by atoms with Crippen LogP contribution in [0.5, 0.6) is 0 Å². The standard InChI is InChI=1S/C22H31N7OS/c1-6-7-8-17(10-23-5)19-11-24-22-21(26-14(2)12-29(19)22)27-20-9-18(28-31-20)16(4)25-15(3)13-30/h8-12,15-16,25,30H,6-7,13H2,1-5H3,(H,26,27)/b17-8+,23-10?. The summed E-state index contributed by atoms with van der Waals surface area (Å²) in [5.74, 6) is 0.689. The molecule has 0 aromatic carbocycles. The summed E-state index contributed by atoms with van der Waals surface area (Å²) >= 11 is 1.38. The molecule has 3 heterocycles. The van der Waals surface area contributed by atoms with Gasteiger partial charge in [0.2, 0.25) is 0 Å². The van der Waals surface area contributed by atoms with Crippen LogP contribution in [0, 0.1) is 6.92 Å². The molecule has 0 aliphatic rings. The third kappa shape index (κ3) is 5.55. The number of aliphatic hydroxyl groups excluding tert-OH is 1. The first-order valence-corrected chi connectivity index (χ1v) is 11.3. The molecule has 0 spiro atoms. The van der Waals surface area contributed by atoms with E-state index in [1.165, 1.54) is 11.5 Å². The molecule has 31 heavy (non-hydrogen) atoms. The van der Waals surface area contributed by atoms with E-state index in [2.05, 4.69) is 47.4 Å². The van der Waals surface area contributed by atoms with E-state index in [0.717, 1.165) is 46.1 Å². The Kier molecular flexibility index (Phi) is 7.89. The van der Waals surface area contributed by atoms with Gasteiger partial charge in [-0.15, -0.1) is 0 Å². The molecule has 3 aromatic rings. The van der Waals surface area contributed by atoms with E-state index in [1.807, 2.05) is 45.4 Å². The maximum atomic E-state index is 9.26. The van der Waals surface area contributed by atoms with E-state index in [1.54, 1.807) is 7.05 Å². The van der Waals surface area contributed by atoms with Crippen molar-refractivity contribution in [3.8, 4) is 0 Å². The fraction of sp³-hybridized carbons (Fsp3) is 0.455. The van der Waals surface area contributed by atoms with Gasteiger partial charge in [-0.3, -0.25) is 9.39 Å². The largest absolute Gasteiger partial charge is 0.395 e. The Morgan fingerprint density at radius 3 is 2.90 bits per heavy atom. The first kappa shape index (κ1) is 23.1. The fourth-order valence-electron chi connectivity index (χ4n) is 3.30. The number of allylic oxidation sites excluding steroid dienone is 2. The van der Waals surface area contributed by atoms with E-state index in [-0.39, 0.29) is 18.7 Å². The van der Waals surface area contributed by atoms with Crippen molar-refractivity contribution in [3.05, 3.63) is 41.6 Å². The molecule has 8 nitrogen and oxygen atoms in total. The number of unbranched alkanes of at least 4 members (excludes halogenated alkanes) is 1. The Morgan fingerprint density at radius 2 is 2.19 bits per heavy atom. The highest BCUT2D eigenvalue weighted by Crippen LogP contribution is 2.28. The Hall–Kier alpha value is -2.62. The van der Waals surface area contributed by atoms with E-state index in [9.17, 15) is 5.11 Å². The third-order valence-electron chi connectivity index (χ3n) is 4.85. The number of aliphatic imine (C=N–C) groups is 1. The van der Waals surface area contributed by atoms with Gasteiger partial charge in [0.25, 0.3) is 0 Å². The van der Waals surface area contributed by atoms with Gasteiger partial charge in [0.1, 0.15) is 5.00 Å². The summed E-state index contributed by atoms with van der Waals surface area (Å²) in [5, 5.41) is 16.9. The second-order valence-corrected chi connectivity index (χ2v) is 8.42. The third-order valence-corrected chi connectivity index (χ3v) is 5.57. The van der Waals surface area contributed by atoms with Gasteiger partial charge in [0.05, 0.1) is 29.9 Å². The minimum absolute atomic E-state index is 0.0103. The van der Waals surface area contributed by atoms with Gasteiger partial charge in [-0.05, 0) is 44.8 Å². The molecule has 3 rings (SSSR count). The Bertz CT molecular complexity index is 1070. The molecule has 0 saturated carbocycles. The lowest BCUT2D eigenvalue weighted by Gasteiger charge is -2.16. The second-order valence-electron chi connectivity index (χ2n) is 7.62. The number of rotatable bonds is 10. The van der Waals surface area contributed by atoms with Gasteiger partial charge >= 0.3 is 0 Å². The summed E-state index contributed by atoms with van der Waals surface area (Å²) in [7, 11) is 1.78. The van der Waals surface area contributed by atoms with E-state index < -0.39 is 0 Å². The summed E-state index contributed by atoms with van der Waals surface area (Å²) in [6.07, 6.45) is 9.98. The van der Waals surface area contributed by atoms with Crippen molar-refractivity contribution in [2.24, 2.45) is 4.99 Å². The minimum Gasteiger partial charge on any atom is -0.395 e. The van der Waals surface area contributed by atoms with Crippen LogP contribution in [0.4, 0.5) is 10.8 Å². The van der Waals surface area contributed by atoms with Crippen molar-refractivity contribution >= 4 is 39.8 Å². The predicted octanol–water partition coefficient (Wildman–Crippen LogP) is 4.15. The molecule has 2 unspecified atom stereocenters. The van der Waals surface area contributed by atoms with Crippen molar-refractivity contribution in [2.75, 3.05) is 19.0 Å². The SMILES string of the molecule is CCC/C=C(\C=NC)c1cnc2c(Nc3cc(C(C)NC(C)CO)ns3)nc(C)cn12. The molecular weight excluding hydrogens is 410 g/mol. The molecule has 3 N–H and O–H groups in total. The zero-order valence-electron chi connectivity index (χ0n) is 18.8. The number of fused-ring (bicyclic) bond motifs is 1. The average molecular weight is 442 g/mol. The number of anilines is 2. The molecule has 0 aliphatic carbocycles. The van der Waals surface area contributed by atoms with Crippen LogP contribution < -0.4 is 10.6 Å². The number of nitrogens with zero attached hydrogens (tertiary/aromatic N) is 5. The Balaban J connectivity index is 1.91. The van der Waals surface area contributed by atoms with Crippen molar-refractivity contribution in [2.45, 2.75) is 52.6 Å². The van der Waals surface area contributed by atoms with E-state index in [0.29, 0.717) is 5.82 Å². The zero-order chi connectivity index (χ0) is 22.4. The number of hydrogen-bond acceptors (Lipinski definition) is 8.